The van der Waals surface area contributed by atoms with E-state index in [1.807, 2.05) is 47.3 Å². The molecule has 2 unspecified atom stereocenters. The summed E-state index contributed by atoms with van der Waals surface area (Å²) in [4.78, 5) is 18.2. The van der Waals surface area contributed by atoms with E-state index in [-0.39, 0.29) is 11.7 Å². The second-order valence-corrected chi connectivity index (χ2v) is 9.60. The fourth-order valence-corrected chi connectivity index (χ4v) is 5.29. The highest BCUT2D eigenvalue weighted by Gasteiger charge is 2.27. The molecule has 188 valence electrons. The number of aryl methyl sites for hydroxylation is 1. The highest BCUT2D eigenvalue weighted by Crippen LogP contribution is 2.32. The normalized spacial score (nSPS) is 18.3. The third kappa shape index (κ3) is 4.88. The lowest BCUT2D eigenvalue weighted by molar-refractivity contribution is 0.103. The second-order valence-electron chi connectivity index (χ2n) is 9.60. The second kappa shape index (κ2) is 11.0. The van der Waals surface area contributed by atoms with Crippen molar-refractivity contribution in [3.05, 3.63) is 70.7 Å². The molecule has 9 nitrogen and oxygen atoms in total. The summed E-state index contributed by atoms with van der Waals surface area (Å²) in [6.45, 7) is 2.56. The van der Waals surface area contributed by atoms with Crippen LogP contribution in [0.2, 0.25) is 0 Å². The molecule has 9 heteroatoms. The summed E-state index contributed by atoms with van der Waals surface area (Å²) in [5.41, 5.74) is 4.71. The van der Waals surface area contributed by atoms with Gasteiger partial charge in [-0.05, 0) is 58.9 Å². The molecule has 0 aliphatic heterocycles. The molecule has 2 N–H and O–H groups in total. The summed E-state index contributed by atoms with van der Waals surface area (Å²) in [6, 6.07) is 9.74. The van der Waals surface area contributed by atoms with Gasteiger partial charge in [-0.25, -0.2) is 9.89 Å². The first-order chi connectivity index (χ1) is 17.7. The lowest BCUT2D eigenvalue weighted by Gasteiger charge is -2.21. The van der Waals surface area contributed by atoms with Crippen molar-refractivity contribution >= 4 is 0 Å². The fraction of sp³-hybridized carbons (Fsp3) is 0.444. The summed E-state index contributed by atoms with van der Waals surface area (Å²) < 4.78 is 3.66. The molecule has 3 heterocycles. The number of aromatic amines is 1. The van der Waals surface area contributed by atoms with Crippen molar-refractivity contribution in [3.63, 3.8) is 0 Å². The predicted octanol–water partition coefficient (Wildman–Crippen LogP) is 4.15. The van der Waals surface area contributed by atoms with Crippen molar-refractivity contribution in [2.75, 3.05) is 0 Å². The van der Waals surface area contributed by atoms with Crippen LogP contribution in [0.1, 0.15) is 69.2 Å². The molecule has 1 aliphatic carbocycles. The lowest BCUT2D eigenvalue weighted by Crippen LogP contribution is -2.33. The van der Waals surface area contributed by atoms with Gasteiger partial charge in [-0.15, -0.1) is 5.10 Å². The molecule has 2 atom stereocenters. The number of rotatable bonds is 8. The highest BCUT2D eigenvalue weighted by molar-refractivity contribution is 5.81. The maximum Gasteiger partial charge on any atom is 0.329 e. The van der Waals surface area contributed by atoms with Crippen LogP contribution in [0.25, 0.3) is 22.5 Å². The smallest absolute Gasteiger partial charge is 0.329 e. The van der Waals surface area contributed by atoms with E-state index in [9.17, 15) is 9.90 Å². The van der Waals surface area contributed by atoms with E-state index in [0.717, 1.165) is 79.3 Å². The molecule has 0 radical (unpaired) electrons. The third-order valence-electron chi connectivity index (χ3n) is 7.22. The monoisotopic (exact) mass is 487 g/mol. The van der Waals surface area contributed by atoms with E-state index in [4.69, 9.17) is 0 Å². The van der Waals surface area contributed by atoms with Gasteiger partial charge in [-0.1, -0.05) is 56.9 Å². The average Bonchev–Trinajstić information content (AvgIpc) is 3.48. The van der Waals surface area contributed by atoms with E-state index in [2.05, 4.69) is 32.5 Å². The van der Waals surface area contributed by atoms with E-state index in [1.54, 1.807) is 10.8 Å². The zero-order valence-corrected chi connectivity index (χ0v) is 20.7. The SMILES string of the molecule is CCCCc1cn(C2CCCCCC2O)c(=O)n1Cc1cnccc1-c1ccccc1-c1nnn[nH]1. The number of nitrogens with zero attached hydrogens (tertiary/aromatic N) is 6. The Labute approximate surface area is 210 Å². The Bertz CT molecular complexity index is 1340. The van der Waals surface area contributed by atoms with Crippen LogP contribution in [0.5, 0.6) is 0 Å². The number of imidazole rings is 1. The first kappa shape index (κ1) is 24.1. The topological polar surface area (TPSA) is 115 Å². The number of pyridine rings is 1. The molecule has 0 amide bonds. The standard InChI is InChI=1S/C27H33N7O2/c1-2-3-9-20-18-34(24-12-5-4-6-13-25(24)35)27(36)33(20)17-19-16-28-15-14-21(19)22-10-7-8-11-23(22)26-29-31-32-30-26/h7-8,10-11,14-16,18,24-25,35H,2-6,9,12-13,17H2,1H3,(H,29,30,31,32). The van der Waals surface area contributed by atoms with Crippen LogP contribution in [0.4, 0.5) is 0 Å². The highest BCUT2D eigenvalue weighted by atomic mass is 16.3. The van der Waals surface area contributed by atoms with Gasteiger partial charge in [0.1, 0.15) is 0 Å². The Balaban J connectivity index is 1.56. The van der Waals surface area contributed by atoms with Gasteiger partial charge >= 0.3 is 5.69 Å². The number of tetrazole rings is 1. The van der Waals surface area contributed by atoms with Crippen molar-refractivity contribution in [2.24, 2.45) is 0 Å². The molecular weight excluding hydrogens is 454 g/mol. The Kier molecular flexibility index (Phi) is 7.36. The van der Waals surface area contributed by atoms with Gasteiger partial charge in [0.15, 0.2) is 5.82 Å². The van der Waals surface area contributed by atoms with Gasteiger partial charge < -0.3 is 5.11 Å². The van der Waals surface area contributed by atoms with Crippen LogP contribution in [0, 0.1) is 0 Å². The Morgan fingerprint density at radius 1 is 1.08 bits per heavy atom. The number of unbranched alkanes of at least 4 members (excludes halogenated alkanes) is 1. The minimum absolute atomic E-state index is 0.0606. The van der Waals surface area contributed by atoms with Gasteiger partial charge in [0, 0.05) is 29.8 Å². The minimum atomic E-state index is -0.489. The van der Waals surface area contributed by atoms with E-state index in [0.29, 0.717) is 12.4 Å². The van der Waals surface area contributed by atoms with Crippen molar-refractivity contribution in [2.45, 2.75) is 77.0 Å². The van der Waals surface area contributed by atoms with Gasteiger partial charge in [-0.2, -0.15) is 0 Å². The van der Waals surface area contributed by atoms with Crippen LogP contribution in [0.3, 0.4) is 0 Å². The quantitative estimate of drug-likeness (QED) is 0.361. The molecule has 1 aliphatic rings. The largest absolute Gasteiger partial charge is 0.391 e. The Hall–Kier alpha value is -3.59. The molecule has 1 fully saturated rings. The number of hydrogen-bond donors (Lipinski definition) is 2. The zero-order chi connectivity index (χ0) is 24.9. The van der Waals surface area contributed by atoms with Gasteiger partial charge in [0.2, 0.25) is 0 Å². The van der Waals surface area contributed by atoms with Crippen molar-refractivity contribution in [1.29, 1.82) is 0 Å². The maximum absolute atomic E-state index is 13.8. The van der Waals surface area contributed by atoms with Crippen LogP contribution < -0.4 is 5.69 Å². The zero-order valence-electron chi connectivity index (χ0n) is 20.7. The Morgan fingerprint density at radius 2 is 1.92 bits per heavy atom. The number of aliphatic hydroxyl groups is 1. The van der Waals surface area contributed by atoms with E-state index in [1.165, 1.54) is 0 Å². The molecular formula is C27H33N7O2. The predicted molar refractivity (Wildman–Crippen MR) is 137 cm³/mol. The molecule has 36 heavy (non-hydrogen) atoms. The molecule has 1 aromatic carbocycles. The minimum Gasteiger partial charge on any atom is -0.391 e. The molecule has 1 saturated carbocycles. The maximum atomic E-state index is 13.8. The summed E-state index contributed by atoms with van der Waals surface area (Å²) in [6.07, 6.45) is 12.7. The summed E-state index contributed by atoms with van der Waals surface area (Å²) in [5.74, 6) is 0.586. The molecule has 0 saturated heterocycles. The summed E-state index contributed by atoms with van der Waals surface area (Å²) in [7, 11) is 0. The third-order valence-corrected chi connectivity index (χ3v) is 7.22. The van der Waals surface area contributed by atoms with Crippen molar-refractivity contribution in [1.82, 2.24) is 34.7 Å². The summed E-state index contributed by atoms with van der Waals surface area (Å²) >= 11 is 0. The van der Waals surface area contributed by atoms with Crippen molar-refractivity contribution in [3.8, 4) is 22.5 Å². The van der Waals surface area contributed by atoms with Crippen LogP contribution >= 0.6 is 0 Å². The molecule has 4 aromatic rings. The molecule has 5 rings (SSSR count). The Morgan fingerprint density at radius 3 is 2.72 bits per heavy atom. The first-order valence-corrected chi connectivity index (χ1v) is 12.9. The van der Waals surface area contributed by atoms with Crippen LogP contribution in [-0.2, 0) is 13.0 Å². The first-order valence-electron chi connectivity index (χ1n) is 12.9. The van der Waals surface area contributed by atoms with Crippen molar-refractivity contribution < 1.29 is 5.11 Å². The number of benzene rings is 1. The molecule has 0 spiro atoms. The van der Waals surface area contributed by atoms with E-state index < -0.39 is 6.10 Å². The van der Waals surface area contributed by atoms with Gasteiger partial charge in [0.25, 0.3) is 0 Å². The number of hydrogen-bond acceptors (Lipinski definition) is 6. The van der Waals surface area contributed by atoms with Crippen LogP contribution in [0.15, 0.2) is 53.7 Å². The van der Waals surface area contributed by atoms with Gasteiger partial charge in [-0.3, -0.25) is 14.1 Å². The number of aliphatic hydroxyl groups excluding tert-OH is 1. The van der Waals surface area contributed by atoms with Crippen LogP contribution in [-0.4, -0.2) is 46.0 Å². The lowest BCUT2D eigenvalue weighted by atomic mass is 9.96. The number of aromatic nitrogens is 7. The number of H-pyrrole nitrogens is 1. The van der Waals surface area contributed by atoms with E-state index >= 15 is 0 Å². The van der Waals surface area contributed by atoms with Gasteiger partial charge in [0.05, 0.1) is 18.7 Å². The molecule has 3 aromatic heterocycles. The average molecular weight is 488 g/mol. The number of nitrogens with one attached hydrogen (secondary N) is 1. The fourth-order valence-electron chi connectivity index (χ4n) is 5.29. The summed E-state index contributed by atoms with van der Waals surface area (Å²) in [5, 5.41) is 25.2. The molecule has 0 bridgehead atoms.